The zero-order valence-electron chi connectivity index (χ0n) is 10.6. The van der Waals surface area contributed by atoms with Crippen molar-refractivity contribution in [3.63, 3.8) is 0 Å². The smallest absolute Gasteiger partial charge is 0.303 e. The van der Waals surface area contributed by atoms with Crippen LogP contribution in [0.1, 0.15) is 49.1 Å². The molecule has 0 unspecified atom stereocenters. The van der Waals surface area contributed by atoms with Crippen LogP contribution in [-0.2, 0) is 11.0 Å². The summed E-state index contributed by atoms with van der Waals surface area (Å²) in [5.41, 5.74) is -0.194. The lowest BCUT2D eigenvalue weighted by Gasteiger charge is -2.17. The van der Waals surface area contributed by atoms with Gasteiger partial charge in [-0.15, -0.1) is 0 Å². The van der Waals surface area contributed by atoms with Crippen LogP contribution >= 0.6 is 0 Å². The van der Waals surface area contributed by atoms with Gasteiger partial charge in [0.15, 0.2) is 0 Å². The molecular weight excluding hydrogens is 253 g/mol. The summed E-state index contributed by atoms with van der Waals surface area (Å²) < 4.78 is 38.0. The number of carbonyl (C=O) groups excluding carboxylic acids is 1. The van der Waals surface area contributed by atoms with Crippen LogP contribution in [-0.4, -0.2) is 6.29 Å². The molecule has 1 aliphatic carbocycles. The van der Waals surface area contributed by atoms with Crippen molar-refractivity contribution >= 4 is 6.29 Å². The molecule has 0 bridgehead atoms. The average molecular weight is 270 g/mol. The molecule has 0 aromatic heterocycles. The van der Waals surface area contributed by atoms with Gasteiger partial charge in [-0.2, -0.15) is 13.2 Å². The van der Waals surface area contributed by atoms with E-state index in [0.717, 1.165) is 31.3 Å². The second-order valence-corrected chi connectivity index (χ2v) is 5.25. The highest BCUT2D eigenvalue weighted by atomic mass is 19.4. The Kier molecular flexibility index (Phi) is 4.27. The second kappa shape index (κ2) is 5.76. The predicted octanol–water partition coefficient (Wildman–Crippen LogP) is 4.57. The normalized spacial score (nSPS) is 18.5. The molecule has 1 aromatic carbocycles. The van der Waals surface area contributed by atoms with Gasteiger partial charge in [0.2, 0.25) is 0 Å². The maximum atomic E-state index is 12.7. The average Bonchev–Trinajstić information content (AvgIpc) is 2.88. The van der Waals surface area contributed by atoms with E-state index in [4.69, 9.17) is 0 Å². The lowest BCUT2D eigenvalue weighted by molar-refractivity contribution is -0.137. The minimum absolute atomic E-state index is 0.412. The fourth-order valence-electron chi connectivity index (χ4n) is 2.82. The van der Waals surface area contributed by atoms with Crippen LogP contribution in [0.3, 0.4) is 0 Å². The lowest BCUT2D eigenvalue weighted by atomic mass is 9.88. The molecule has 0 heterocycles. The summed E-state index contributed by atoms with van der Waals surface area (Å²) >= 11 is 0. The third-order valence-corrected chi connectivity index (χ3v) is 3.87. The zero-order valence-corrected chi connectivity index (χ0v) is 10.6. The standard InChI is InChI=1S/C15H17F3O/c16-15(17,18)14-7-3-6-12(9-14)13(10-19)8-11-4-1-2-5-11/h3,6-7,9-11,13H,1-2,4-5,8H2/t13-/m0/s1. The first kappa shape index (κ1) is 14.1. The molecule has 19 heavy (non-hydrogen) atoms. The Morgan fingerprint density at radius 2 is 1.95 bits per heavy atom. The molecule has 1 fully saturated rings. The number of rotatable bonds is 4. The third kappa shape index (κ3) is 3.58. The van der Waals surface area contributed by atoms with Crippen LogP contribution in [0.4, 0.5) is 13.2 Å². The molecule has 1 aliphatic rings. The number of alkyl halides is 3. The van der Waals surface area contributed by atoms with E-state index in [1.54, 1.807) is 6.07 Å². The molecule has 1 saturated carbocycles. The topological polar surface area (TPSA) is 17.1 Å². The summed E-state index contributed by atoms with van der Waals surface area (Å²) in [5.74, 6) is 0.0649. The first-order valence-electron chi connectivity index (χ1n) is 6.63. The number of hydrogen-bond acceptors (Lipinski definition) is 1. The first-order valence-corrected chi connectivity index (χ1v) is 6.63. The monoisotopic (exact) mass is 270 g/mol. The van der Waals surface area contributed by atoms with Gasteiger partial charge in [0.05, 0.1) is 5.56 Å². The first-order chi connectivity index (χ1) is 9.00. The van der Waals surface area contributed by atoms with Gasteiger partial charge in [-0.1, -0.05) is 43.9 Å². The van der Waals surface area contributed by atoms with Crippen LogP contribution < -0.4 is 0 Å². The third-order valence-electron chi connectivity index (χ3n) is 3.87. The molecule has 0 spiro atoms. The van der Waals surface area contributed by atoms with Crippen molar-refractivity contribution in [3.05, 3.63) is 35.4 Å². The molecule has 0 aliphatic heterocycles. The van der Waals surface area contributed by atoms with E-state index in [1.165, 1.54) is 18.9 Å². The van der Waals surface area contributed by atoms with Crippen LogP contribution in [0.2, 0.25) is 0 Å². The zero-order chi connectivity index (χ0) is 13.9. The molecule has 0 saturated heterocycles. The Labute approximate surface area is 110 Å². The van der Waals surface area contributed by atoms with Gasteiger partial charge < -0.3 is 4.79 Å². The lowest BCUT2D eigenvalue weighted by Crippen LogP contribution is -2.10. The van der Waals surface area contributed by atoms with Gasteiger partial charge in [0.25, 0.3) is 0 Å². The molecule has 0 amide bonds. The summed E-state index contributed by atoms with van der Waals surface area (Å²) in [4.78, 5) is 11.2. The number of aldehydes is 1. The highest BCUT2D eigenvalue weighted by Gasteiger charge is 2.31. The highest BCUT2D eigenvalue weighted by Crippen LogP contribution is 2.35. The van der Waals surface area contributed by atoms with Crippen molar-refractivity contribution in [3.8, 4) is 0 Å². The van der Waals surface area contributed by atoms with E-state index in [9.17, 15) is 18.0 Å². The van der Waals surface area contributed by atoms with E-state index in [2.05, 4.69) is 0 Å². The summed E-state index contributed by atoms with van der Waals surface area (Å²) in [6, 6.07) is 5.14. The fourth-order valence-corrected chi connectivity index (χ4v) is 2.82. The van der Waals surface area contributed by atoms with Crippen LogP contribution in [0.15, 0.2) is 24.3 Å². The summed E-state index contributed by atoms with van der Waals surface area (Å²) in [7, 11) is 0. The second-order valence-electron chi connectivity index (χ2n) is 5.25. The van der Waals surface area contributed by atoms with Gasteiger partial charge in [0, 0.05) is 5.92 Å². The largest absolute Gasteiger partial charge is 0.416 e. The SMILES string of the molecule is O=C[C@H](CC1CCCC1)c1cccc(C(F)(F)F)c1. The van der Waals surface area contributed by atoms with E-state index >= 15 is 0 Å². The molecule has 1 atom stereocenters. The van der Waals surface area contributed by atoms with E-state index in [-0.39, 0.29) is 0 Å². The van der Waals surface area contributed by atoms with Crippen molar-refractivity contribution in [1.82, 2.24) is 0 Å². The van der Waals surface area contributed by atoms with Crippen molar-refractivity contribution < 1.29 is 18.0 Å². The Hall–Kier alpha value is -1.32. The maximum Gasteiger partial charge on any atom is 0.416 e. The molecule has 0 radical (unpaired) electrons. The van der Waals surface area contributed by atoms with Gasteiger partial charge in [-0.25, -0.2) is 0 Å². The molecular formula is C15H17F3O. The number of benzene rings is 1. The van der Waals surface area contributed by atoms with Gasteiger partial charge >= 0.3 is 6.18 Å². The summed E-state index contributed by atoms with van der Waals surface area (Å²) in [5, 5.41) is 0. The van der Waals surface area contributed by atoms with Crippen LogP contribution in [0.25, 0.3) is 0 Å². The highest BCUT2D eigenvalue weighted by molar-refractivity contribution is 5.62. The Balaban J connectivity index is 2.15. The van der Waals surface area contributed by atoms with Crippen molar-refractivity contribution in [2.45, 2.75) is 44.2 Å². The van der Waals surface area contributed by atoms with E-state index in [1.807, 2.05) is 0 Å². The fraction of sp³-hybridized carbons (Fsp3) is 0.533. The van der Waals surface area contributed by atoms with E-state index < -0.39 is 17.7 Å². The van der Waals surface area contributed by atoms with Gasteiger partial charge in [0.1, 0.15) is 6.29 Å². The minimum atomic E-state index is -4.35. The van der Waals surface area contributed by atoms with Gasteiger partial charge in [-0.3, -0.25) is 0 Å². The summed E-state index contributed by atoms with van der Waals surface area (Å²) in [6.07, 6.45) is 1.61. The molecule has 2 rings (SSSR count). The predicted molar refractivity (Wildman–Crippen MR) is 66.8 cm³/mol. The molecule has 4 heteroatoms. The molecule has 0 N–H and O–H groups in total. The minimum Gasteiger partial charge on any atom is -0.303 e. The van der Waals surface area contributed by atoms with Crippen LogP contribution in [0, 0.1) is 5.92 Å². The Morgan fingerprint density at radius 1 is 1.26 bits per heavy atom. The quantitative estimate of drug-likeness (QED) is 0.732. The Morgan fingerprint density at radius 3 is 2.53 bits per heavy atom. The number of carbonyl (C=O) groups is 1. The number of hydrogen-bond donors (Lipinski definition) is 0. The maximum absolute atomic E-state index is 12.7. The van der Waals surface area contributed by atoms with Gasteiger partial charge in [-0.05, 0) is 24.0 Å². The van der Waals surface area contributed by atoms with E-state index in [0.29, 0.717) is 17.9 Å². The van der Waals surface area contributed by atoms with Crippen molar-refractivity contribution in [2.24, 2.45) is 5.92 Å². The Bertz CT molecular complexity index is 433. The number of halogens is 3. The van der Waals surface area contributed by atoms with Crippen molar-refractivity contribution in [1.29, 1.82) is 0 Å². The molecule has 1 aromatic rings. The summed E-state index contributed by atoms with van der Waals surface area (Å²) in [6.45, 7) is 0. The van der Waals surface area contributed by atoms with Crippen LogP contribution in [0.5, 0.6) is 0 Å². The molecule has 1 nitrogen and oxygen atoms in total. The molecule has 104 valence electrons. The van der Waals surface area contributed by atoms with Crippen molar-refractivity contribution in [2.75, 3.05) is 0 Å².